The van der Waals surface area contributed by atoms with Crippen molar-refractivity contribution < 1.29 is 9.72 Å². The lowest BCUT2D eigenvalue weighted by Gasteiger charge is -2.12. The molecule has 3 rings (SSSR count). The number of nitro benzene ring substituents is 1. The van der Waals surface area contributed by atoms with E-state index < -0.39 is 10.8 Å². The lowest BCUT2D eigenvalue weighted by molar-refractivity contribution is -0.385. The predicted octanol–water partition coefficient (Wildman–Crippen LogP) is 4.69. The highest BCUT2D eigenvalue weighted by molar-refractivity contribution is 7.99. The SMILES string of the molecule is Cc1c(C(=O)Nc2cc(Cl)ccc2Sc2nccn2C)cccc1[N+](=O)[O-]. The molecule has 138 valence electrons. The summed E-state index contributed by atoms with van der Waals surface area (Å²) in [6.07, 6.45) is 3.51. The molecule has 0 aliphatic carbocycles. The summed E-state index contributed by atoms with van der Waals surface area (Å²) in [7, 11) is 1.87. The minimum atomic E-state index is -0.506. The maximum atomic E-state index is 12.7. The fourth-order valence-corrected chi connectivity index (χ4v) is 3.54. The molecule has 0 bridgehead atoms. The van der Waals surface area contributed by atoms with Crippen molar-refractivity contribution in [2.45, 2.75) is 17.0 Å². The first-order chi connectivity index (χ1) is 12.9. The molecule has 9 heteroatoms. The van der Waals surface area contributed by atoms with E-state index in [2.05, 4.69) is 10.3 Å². The number of rotatable bonds is 5. The van der Waals surface area contributed by atoms with E-state index in [1.54, 1.807) is 37.4 Å². The average Bonchev–Trinajstić information content (AvgIpc) is 3.02. The number of imidazole rings is 1. The Bertz CT molecular complexity index is 1040. The van der Waals surface area contributed by atoms with Crippen LogP contribution in [0.25, 0.3) is 0 Å². The number of nitro groups is 1. The molecule has 0 spiro atoms. The quantitative estimate of drug-likeness (QED) is 0.493. The number of hydrogen-bond acceptors (Lipinski definition) is 5. The first kappa shape index (κ1) is 18.9. The van der Waals surface area contributed by atoms with Gasteiger partial charge in [0, 0.05) is 46.6 Å². The normalized spacial score (nSPS) is 10.6. The third-order valence-corrected chi connectivity index (χ3v) is 5.30. The third-order valence-electron chi connectivity index (χ3n) is 3.91. The fraction of sp³-hybridized carbons (Fsp3) is 0.111. The molecule has 0 atom stereocenters. The van der Waals surface area contributed by atoms with Crippen LogP contribution in [0.1, 0.15) is 15.9 Å². The first-order valence-electron chi connectivity index (χ1n) is 7.87. The molecule has 0 radical (unpaired) electrons. The Morgan fingerprint density at radius 1 is 1.33 bits per heavy atom. The summed E-state index contributed by atoms with van der Waals surface area (Å²) < 4.78 is 1.86. The summed E-state index contributed by atoms with van der Waals surface area (Å²) >= 11 is 7.46. The third kappa shape index (κ3) is 4.12. The van der Waals surface area contributed by atoms with Crippen LogP contribution in [0.5, 0.6) is 0 Å². The molecule has 0 saturated carbocycles. The Hall–Kier alpha value is -2.84. The van der Waals surface area contributed by atoms with E-state index >= 15 is 0 Å². The largest absolute Gasteiger partial charge is 0.329 e. The van der Waals surface area contributed by atoms with Gasteiger partial charge in [0.2, 0.25) is 0 Å². The van der Waals surface area contributed by atoms with Gasteiger partial charge >= 0.3 is 0 Å². The number of aryl methyl sites for hydroxylation is 1. The molecule has 3 aromatic rings. The molecule has 1 amide bonds. The van der Waals surface area contributed by atoms with Crippen LogP contribution in [0, 0.1) is 17.0 Å². The zero-order valence-electron chi connectivity index (χ0n) is 14.5. The van der Waals surface area contributed by atoms with Gasteiger partial charge in [0.05, 0.1) is 10.6 Å². The topological polar surface area (TPSA) is 90.1 Å². The van der Waals surface area contributed by atoms with E-state index in [0.717, 1.165) is 10.1 Å². The smallest absolute Gasteiger partial charge is 0.273 e. The minimum Gasteiger partial charge on any atom is -0.329 e. The van der Waals surface area contributed by atoms with Crippen LogP contribution >= 0.6 is 23.4 Å². The monoisotopic (exact) mass is 402 g/mol. The summed E-state index contributed by atoms with van der Waals surface area (Å²) in [6, 6.07) is 9.55. The summed E-state index contributed by atoms with van der Waals surface area (Å²) in [5, 5.41) is 15.1. The molecule has 1 N–H and O–H groups in total. The summed E-state index contributed by atoms with van der Waals surface area (Å²) in [5.74, 6) is -0.444. The number of anilines is 1. The van der Waals surface area contributed by atoms with Crippen molar-refractivity contribution in [1.82, 2.24) is 9.55 Å². The van der Waals surface area contributed by atoms with Crippen molar-refractivity contribution in [2.24, 2.45) is 7.05 Å². The van der Waals surface area contributed by atoms with Crippen molar-refractivity contribution >= 4 is 40.6 Å². The number of carbonyl (C=O) groups is 1. The maximum Gasteiger partial charge on any atom is 0.273 e. The lowest BCUT2D eigenvalue weighted by atomic mass is 10.1. The molecule has 0 saturated heterocycles. The molecular formula is C18H15ClN4O3S. The van der Waals surface area contributed by atoms with Crippen LogP contribution in [0.4, 0.5) is 11.4 Å². The van der Waals surface area contributed by atoms with E-state index in [1.165, 1.54) is 23.9 Å². The minimum absolute atomic E-state index is 0.101. The molecule has 1 aromatic heterocycles. The second kappa shape index (κ2) is 7.81. The average molecular weight is 403 g/mol. The van der Waals surface area contributed by atoms with Crippen molar-refractivity contribution in [3.63, 3.8) is 0 Å². The van der Waals surface area contributed by atoms with Crippen LogP contribution in [-0.2, 0) is 7.05 Å². The Kier molecular flexibility index (Phi) is 5.48. The molecule has 0 unspecified atom stereocenters. The van der Waals surface area contributed by atoms with E-state index in [1.807, 2.05) is 17.8 Å². The number of carbonyl (C=O) groups excluding carboxylic acids is 1. The molecule has 0 aliphatic rings. The second-order valence-electron chi connectivity index (χ2n) is 5.72. The van der Waals surface area contributed by atoms with Crippen LogP contribution in [0.3, 0.4) is 0 Å². The number of hydrogen-bond donors (Lipinski definition) is 1. The van der Waals surface area contributed by atoms with Gasteiger partial charge in [-0.15, -0.1) is 0 Å². The number of nitrogens with one attached hydrogen (secondary N) is 1. The van der Waals surface area contributed by atoms with E-state index in [4.69, 9.17) is 11.6 Å². The summed E-state index contributed by atoms with van der Waals surface area (Å²) in [5.41, 5.74) is 0.945. The Balaban J connectivity index is 1.92. The van der Waals surface area contributed by atoms with Crippen LogP contribution in [-0.4, -0.2) is 20.4 Å². The molecule has 7 nitrogen and oxygen atoms in total. The Labute approximate surface area is 164 Å². The van der Waals surface area contributed by atoms with Crippen molar-refractivity contribution in [3.8, 4) is 0 Å². The van der Waals surface area contributed by atoms with Crippen LogP contribution in [0.15, 0.2) is 58.8 Å². The standard InChI is InChI=1S/C18H15ClN4O3S/c1-11-13(4-3-5-15(11)23(25)26)17(24)21-14-10-12(19)6-7-16(14)27-18-20-8-9-22(18)2/h3-10H,1-2H3,(H,21,24). The molecule has 2 aromatic carbocycles. The van der Waals surface area contributed by atoms with E-state index in [0.29, 0.717) is 16.3 Å². The maximum absolute atomic E-state index is 12.7. The number of halogens is 1. The van der Waals surface area contributed by atoms with Gasteiger partial charge in [0.1, 0.15) is 0 Å². The summed E-state index contributed by atoms with van der Waals surface area (Å²) in [6.45, 7) is 1.55. The number of nitrogens with zero attached hydrogens (tertiary/aromatic N) is 3. The molecule has 1 heterocycles. The van der Waals surface area contributed by atoms with Gasteiger partial charge in [0.15, 0.2) is 5.16 Å². The Morgan fingerprint density at radius 3 is 2.78 bits per heavy atom. The Morgan fingerprint density at radius 2 is 2.11 bits per heavy atom. The highest BCUT2D eigenvalue weighted by atomic mass is 35.5. The molecular weight excluding hydrogens is 388 g/mol. The highest BCUT2D eigenvalue weighted by Crippen LogP contribution is 2.34. The van der Waals surface area contributed by atoms with Gasteiger partial charge in [-0.3, -0.25) is 14.9 Å². The van der Waals surface area contributed by atoms with Gasteiger partial charge in [-0.1, -0.05) is 17.7 Å². The van der Waals surface area contributed by atoms with Gasteiger partial charge in [-0.05, 0) is 43.0 Å². The first-order valence-corrected chi connectivity index (χ1v) is 9.06. The predicted molar refractivity (Wildman–Crippen MR) is 105 cm³/mol. The van der Waals surface area contributed by atoms with Crippen LogP contribution < -0.4 is 5.32 Å². The highest BCUT2D eigenvalue weighted by Gasteiger charge is 2.19. The number of amides is 1. The zero-order valence-corrected chi connectivity index (χ0v) is 16.0. The molecule has 0 fully saturated rings. The van der Waals surface area contributed by atoms with Gasteiger partial charge in [-0.2, -0.15) is 0 Å². The van der Waals surface area contributed by atoms with E-state index in [-0.39, 0.29) is 11.3 Å². The fourth-order valence-electron chi connectivity index (χ4n) is 2.49. The van der Waals surface area contributed by atoms with E-state index in [9.17, 15) is 14.9 Å². The van der Waals surface area contributed by atoms with Gasteiger partial charge < -0.3 is 9.88 Å². The second-order valence-corrected chi connectivity index (χ2v) is 7.17. The van der Waals surface area contributed by atoms with Crippen molar-refractivity contribution in [1.29, 1.82) is 0 Å². The van der Waals surface area contributed by atoms with Crippen LogP contribution in [0.2, 0.25) is 5.02 Å². The van der Waals surface area contributed by atoms with Crippen molar-refractivity contribution in [2.75, 3.05) is 5.32 Å². The number of aromatic nitrogens is 2. The molecule has 27 heavy (non-hydrogen) atoms. The van der Waals surface area contributed by atoms with Crippen molar-refractivity contribution in [3.05, 3.63) is 75.1 Å². The molecule has 0 aliphatic heterocycles. The summed E-state index contributed by atoms with van der Waals surface area (Å²) in [4.78, 5) is 28.4. The number of benzene rings is 2. The van der Waals surface area contributed by atoms with Gasteiger partial charge in [0.25, 0.3) is 11.6 Å². The van der Waals surface area contributed by atoms with Gasteiger partial charge in [-0.25, -0.2) is 4.98 Å². The zero-order chi connectivity index (χ0) is 19.6. The lowest BCUT2D eigenvalue weighted by Crippen LogP contribution is -2.14.